The predicted molar refractivity (Wildman–Crippen MR) is 119 cm³/mol. The Labute approximate surface area is 181 Å². The fraction of sp³-hybridized carbons (Fsp3) is 0.417. The normalized spacial score (nSPS) is 23.1. The van der Waals surface area contributed by atoms with Crippen LogP contribution < -0.4 is 9.64 Å². The largest absolute Gasteiger partial charge is 0.497 e. The van der Waals surface area contributed by atoms with E-state index < -0.39 is 4.87 Å². The molecule has 0 N–H and O–H groups in total. The van der Waals surface area contributed by atoms with E-state index in [-0.39, 0.29) is 17.7 Å². The van der Waals surface area contributed by atoms with Crippen molar-refractivity contribution in [1.82, 2.24) is 4.90 Å². The zero-order chi connectivity index (χ0) is 20.9. The topological polar surface area (TPSA) is 49.9 Å². The Hall–Kier alpha value is -2.47. The lowest BCUT2D eigenvalue weighted by Crippen LogP contribution is -2.52. The number of thioether (sulfide) groups is 1. The van der Waals surface area contributed by atoms with Gasteiger partial charge in [0.05, 0.1) is 19.3 Å². The fourth-order valence-electron chi connectivity index (χ4n) is 4.65. The number of carbonyl (C=O) groups is 2. The van der Waals surface area contributed by atoms with Gasteiger partial charge >= 0.3 is 0 Å². The maximum absolute atomic E-state index is 14.0. The van der Waals surface area contributed by atoms with E-state index in [4.69, 9.17) is 4.74 Å². The number of nitrogens with zero attached hydrogens (tertiary/aromatic N) is 2. The van der Waals surface area contributed by atoms with Gasteiger partial charge in [-0.3, -0.25) is 9.59 Å². The number of anilines is 1. The van der Waals surface area contributed by atoms with Crippen LogP contribution in [0.3, 0.4) is 0 Å². The van der Waals surface area contributed by atoms with Crippen molar-refractivity contribution in [1.29, 1.82) is 0 Å². The van der Waals surface area contributed by atoms with E-state index in [1.165, 1.54) is 5.56 Å². The molecule has 6 heteroatoms. The second kappa shape index (κ2) is 7.34. The van der Waals surface area contributed by atoms with Crippen molar-refractivity contribution >= 4 is 29.3 Å². The fourth-order valence-corrected chi connectivity index (χ4v) is 6.11. The standard InChI is InChI=1S/C24H26N2O3S/c1-16-6-8-17(9-7-16)15-25-21-11-10-19(29-2)14-20(21)24(23(25)28)26(12-13-30-24)22(27)18-4-3-5-18/h6-11,14,18H,3-5,12-13,15H2,1-2H3. The summed E-state index contributed by atoms with van der Waals surface area (Å²) in [4.78, 5) is 30.0. The Morgan fingerprint density at radius 3 is 2.63 bits per heavy atom. The number of amides is 2. The van der Waals surface area contributed by atoms with Crippen molar-refractivity contribution in [3.8, 4) is 5.75 Å². The van der Waals surface area contributed by atoms with Gasteiger partial charge in [-0.05, 0) is 43.5 Å². The first-order chi connectivity index (χ1) is 14.5. The third kappa shape index (κ3) is 2.84. The molecule has 0 radical (unpaired) electrons. The Morgan fingerprint density at radius 1 is 1.20 bits per heavy atom. The third-order valence-electron chi connectivity index (χ3n) is 6.58. The molecule has 0 aromatic heterocycles. The van der Waals surface area contributed by atoms with Crippen LogP contribution in [0.2, 0.25) is 0 Å². The molecule has 2 heterocycles. The molecule has 5 rings (SSSR count). The highest BCUT2D eigenvalue weighted by atomic mass is 32.2. The number of carbonyl (C=O) groups excluding carboxylic acids is 2. The van der Waals surface area contributed by atoms with Gasteiger partial charge in [0.15, 0.2) is 4.87 Å². The number of hydrogen-bond acceptors (Lipinski definition) is 4. The van der Waals surface area contributed by atoms with Gasteiger partial charge in [0.1, 0.15) is 5.75 Å². The highest BCUT2D eigenvalue weighted by Crippen LogP contribution is 2.56. The van der Waals surface area contributed by atoms with E-state index in [2.05, 4.69) is 31.2 Å². The van der Waals surface area contributed by atoms with Gasteiger partial charge in [-0.2, -0.15) is 0 Å². The van der Waals surface area contributed by atoms with Gasteiger partial charge in [-0.15, -0.1) is 11.8 Å². The Kier molecular flexibility index (Phi) is 4.77. The first-order valence-corrected chi connectivity index (χ1v) is 11.5. The summed E-state index contributed by atoms with van der Waals surface area (Å²) in [6, 6.07) is 14.1. The number of fused-ring (bicyclic) bond motifs is 2. The van der Waals surface area contributed by atoms with E-state index in [1.54, 1.807) is 18.9 Å². The number of rotatable bonds is 4. The highest BCUT2D eigenvalue weighted by Gasteiger charge is 2.60. The molecule has 3 aliphatic rings. The molecule has 5 nitrogen and oxygen atoms in total. The van der Waals surface area contributed by atoms with Gasteiger partial charge in [-0.1, -0.05) is 36.2 Å². The second-order valence-electron chi connectivity index (χ2n) is 8.37. The summed E-state index contributed by atoms with van der Waals surface area (Å²) in [5.41, 5.74) is 4.03. The molecule has 156 valence electrons. The Balaban J connectivity index is 1.58. The van der Waals surface area contributed by atoms with Gasteiger partial charge in [0, 0.05) is 23.8 Å². The van der Waals surface area contributed by atoms with Crippen LogP contribution in [0.1, 0.15) is 36.0 Å². The van der Waals surface area contributed by atoms with E-state index >= 15 is 0 Å². The number of aryl methyl sites for hydroxylation is 1. The number of ether oxygens (including phenoxy) is 1. The summed E-state index contributed by atoms with van der Waals surface area (Å²) in [5.74, 6) is 1.65. The van der Waals surface area contributed by atoms with Gasteiger partial charge in [0.25, 0.3) is 5.91 Å². The average Bonchev–Trinajstić information content (AvgIpc) is 3.25. The molecule has 1 spiro atoms. The minimum Gasteiger partial charge on any atom is -0.497 e. The average molecular weight is 423 g/mol. The Morgan fingerprint density at radius 2 is 1.97 bits per heavy atom. The van der Waals surface area contributed by atoms with Crippen LogP contribution in [-0.4, -0.2) is 36.1 Å². The van der Waals surface area contributed by atoms with Gasteiger partial charge < -0.3 is 14.5 Å². The van der Waals surface area contributed by atoms with Gasteiger partial charge in [0.2, 0.25) is 5.91 Å². The van der Waals surface area contributed by atoms with Crippen molar-refractivity contribution in [2.45, 2.75) is 37.6 Å². The van der Waals surface area contributed by atoms with Crippen molar-refractivity contribution in [3.05, 3.63) is 59.2 Å². The highest BCUT2D eigenvalue weighted by molar-refractivity contribution is 8.01. The maximum Gasteiger partial charge on any atom is 0.268 e. The van der Waals surface area contributed by atoms with E-state index in [0.29, 0.717) is 18.8 Å². The molecule has 30 heavy (non-hydrogen) atoms. The molecule has 0 bridgehead atoms. The van der Waals surface area contributed by atoms with Crippen LogP contribution in [0.15, 0.2) is 42.5 Å². The number of hydrogen-bond donors (Lipinski definition) is 0. The van der Waals surface area contributed by atoms with Crippen LogP contribution in [-0.2, 0) is 21.0 Å². The number of methoxy groups -OCH3 is 1. The first kappa shape index (κ1) is 19.5. The lowest BCUT2D eigenvalue weighted by atomic mass is 9.84. The zero-order valence-electron chi connectivity index (χ0n) is 17.4. The summed E-state index contributed by atoms with van der Waals surface area (Å²) in [5, 5.41) is 0. The van der Waals surface area contributed by atoms with Crippen molar-refractivity contribution in [2.75, 3.05) is 24.3 Å². The molecule has 1 unspecified atom stereocenters. The SMILES string of the molecule is COc1ccc2c(c1)C1(SCCN1C(=O)C1CCC1)C(=O)N2Cc1ccc(C)cc1. The monoisotopic (exact) mass is 422 g/mol. The van der Waals surface area contributed by atoms with Gasteiger partial charge in [-0.25, -0.2) is 0 Å². The quantitative estimate of drug-likeness (QED) is 0.745. The lowest BCUT2D eigenvalue weighted by Gasteiger charge is -2.37. The van der Waals surface area contributed by atoms with Crippen LogP contribution in [0.4, 0.5) is 5.69 Å². The molecule has 2 aliphatic heterocycles. The van der Waals surface area contributed by atoms with Crippen molar-refractivity contribution < 1.29 is 14.3 Å². The molecular weight excluding hydrogens is 396 g/mol. The summed E-state index contributed by atoms with van der Waals surface area (Å²) in [7, 11) is 1.63. The molecule has 2 aromatic carbocycles. The molecule has 2 fully saturated rings. The van der Waals surface area contributed by atoms with E-state index in [9.17, 15) is 9.59 Å². The van der Waals surface area contributed by atoms with Crippen molar-refractivity contribution in [3.63, 3.8) is 0 Å². The number of benzene rings is 2. The molecular formula is C24H26N2O3S. The maximum atomic E-state index is 14.0. The van der Waals surface area contributed by atoms with Crippen LogP contribution in [0, 0.1) is 12.8 Å². The Bertz CT molecular complexity index is 1000. The summed E-state index contributed by atoms with van der Waals surface area (Å²) < 4.78 is 5.48. The summed E-state index contributed by atoms with van der Waals surface area (Å²) >= 11 is 1.59. The molecule has 1 saturated heterocycles. The minimum absolute atomic E-state index is 0.0125. The van der Waals surface area contributed by atoms with Crippen molar-refractivity contribution in [2.24, 2.45) is 5.92 Å². The summed E-state index contributed by atoms with van der Waals surface area (Å²) in [6.07, 6.45) is 2.97. The van der Waals surface area contributed by atoms with Crippen LogP contribution in [0.5, 0.6) is 5.75 Å². The van der Waals surface area contributed by atoms with Crippen LogP contribution in [0.25, 0.3) is 0 Å². The van der Waals surface area contributed by atoms with Crippen LogP contribution >= 0.6 is 11.8 Å². The third-order valence-corrected chi connectivity index (χ3v) is 8.00. The molecule has 2 aromatic rings. The predicted octanol–water partition coefficient (Wildman–Crippen LogP) is 4.08. The first-order valence-electron chi connectivity index (χ1n) is 10.6. The molecule has 1 aliphatic carbocycles. The molecule has 1 atom stereocenters. The lowest BCUT2D eigenvalue weighted by molar-refractivity contribution is -0.145. The molecule has 1 saturated carbocycles. The molecule has 2 amide bonds. The summed E-state index contributed by atoms with van der Waals surface area (Å²) in [6.45, 7) is 3.16. The van der Waals surface area contributed by atoms with E-state index in [0.717, 1.165) is 41.8 Å². The second-order valence-corrected chi connectivity index (χ2v) is 9.66. The zero-order valence-corrected chi connectivity index (χ0v) is 18.2. The smallest absolute Gasteiger partial charge is 0.268 e. The van der Waals surface area contributed by atoms with E-state index in [1.807, 2.05) is 28.0 Å². The minimum atomic E-state index is -0.971.